The average Bonchev–Trinajstić information content (AvgIpc) is 2.62. The van der Waals surface area contributed by atoms with Crippen LogP contribution in [-0.2, 0) is 11.2 Å². The van der Waals surface area contributed by atoms with Crippen LogP contribution in [0.1, 0.15) is 57.6 Å². The van der Waals surface area contributed by atoms with Gasteiger partial charge in [0, 0.05) is 38.2 Å². The van der Waals surface area contributed by atoms with Crippen LogP contribution in [-0.4, -0.2) is 37.9 Å². The number of fused-ring (bicyclic) bond motifs is 3. The monoisotopic (exact) mass is 336 g/mol. The number of methoxy groups -OCH3 is 2. The van der Waals surface area contributed by atoms with Gasteiger partial charge in [0.05, 0.1) is 14.2 Å². The number of Topliss-reactive ketones (excluding diaryl/α,β-unsaturated/α-hetero) is 1. The topological polar surface area (TPSA) is 38.8 Å². The highest BCUT2D eigenvalue weighted by molar-refractivity contribution is 5.83. The lowest BCUT2D eigenvalue weighted by Crippen LogP contribution is -2.47. The third-order valence-corrected chi connectivity index (χ3v) is 4.40. The lowest BCUT2D eigenvalue weighted by atomic mass is 9.76. The Morgan fingerprint density at radius 2 is 1.96 bits per heavy atom. The average molecular weight is 336 g/mol. The van der Waals surface area contributed by atoms with E-state index in [9.17, 15) is 4.79 Å². The van der Waals surface area contributed by atoms with Gasteiger partial charge < -0.3 is 9.47 Å². The molecule has 2 heterocycles. The Hall–Kier alpha value is -1.55. The fraction of sp³-hybridized carbons (Fsp3) is 0.650. The third-order valence-electron chi connectivity index (χ3n) is 4.40. The van der Waals surface area contributed by atoms with Crippen molar-refractivity contribution in [2.24, 2.45) is 11.3 Å². The lowest BCUT2D eigenvalue weighted by Gasteiger charge is -2.44. The van der Waals surface area contributed by atoms with Gasteiger partial charge in [-0.2, -0.15) is 0 Å². The van der Waals surface area contributed by atoms with Crippen LogP contribution in [0.5, 0.6) is 11.5 Å². The summed E-state index contributed by atoms with van der Waals surface area (Å²) in [5, 5.41) is 0. The molecule has 0 bridgehead atoms. The predicted octanol–water partition coefficient (Wildman–Crippen LogP) is 3.63. The number of carbonyl (C=O) groups is 1. The van der Waals surface area contributed by atoms with E-state index in [0.29, 0.717) is 23.5 Å². The first kappa shape index (κ1) is 11.9. The van der Waals surface area contributed by atoms with Crippen molar-refractivity contribution >= 4 is 5.78 Å². The normalized spacial score (nSPS) is 34.6. The number of benzene rings is 1. The molecular formula is C20H29NO3. The molecule has 1 aromatic carbocycles. The van der Waals surface area contributed by atoms with Gasteiger partial charge in [-0.3, -0.25) is 9.69 Å². The summed E-state index contributed by atoms with van der Waals surface area (Å²) in [6.07, 6.45) is -2.04. The minimum absolute atomic E-state index is 0.0760. The Morgan fingerprint density at radius 1 is 1.29 bits per heavy atom. The molecular weight excluding hydrogens is 302 g/mol. The van der Waals surface area contributed by atoms with Gasteiger partial charge in [0.2, 0.25) is 0 Å². The van der Waals surface area contributed by atoms with Crippen molar-refractivity contribution in [1.29, 1.82) is 0 Å². The molecule has 0 unspecified atom stereocenters. The summed E-state index contributed by atoms with van der Waals surface area (Å²) in [7, 11) is 2.99. The van der Waals surface area contributed by atoms with Crippen molar-refractivity contribution in [2.75, 3.05) is 27.3 Å². The first-order chi connectivity index (χ1) is 13.2. The summed E-state index contributed by atoms with van der Waals surface area (Å²) in [5.74, 6) is -2.31. The summed E-state index contributed by atoms with van der Waals surface area (Å²) < 4.78 is 54.4. The van der Waals surface area contributed by atoms with Crippen LogP contribution in [0, 0.1) is 11.3 Å². The van der Waals surface area contributed by atoms with E-state index < -0.39 is 36.0 Å². The van der Waals surface area contributed by atoms with Crippen molar-refractivity contribution in [3.05, 3.63) is 23.3 Å². The molecule has 0 saturated carbocycles. The first-order valence-corrected chi connectivity index (χ1v) is 8.27. The molecule has 0 N–H and O–H groups in total. The van der Waals surface area contributed by atoms with Crippen LogP contribution in [0.25, 0.3) is 0 Å². The molecule has 0 aliphatic carbocycles. The second-order valence-corrected chi connectivity index (χ2v) is 7.55. The number of ether oxygens (including phenoxy) is 2. The molecule has 2 aliphatic rings. The van der Waals surface area contributed by atoms with Crippen LogP contribution in [0.4, 0.5) is 0 Å². The summed E-state index contributed by atoms with van der Waals surface area (Å²) in [4.78, 5) is 14.7. The van der Waals surface area contributed by atoms with Crippen LogP contribution < -0.4 is 9.47 Å². The van der Waals surface area contributed by atoms with Crippen LogP contribution >= 0.6 is 0 Å². The Morgan fingerprint density at radius 3 is 2.58 bits per heavy atom. The highest BCUT2D eigenvalue weighted by Gasteiger charge is 2.39. The number of rotatable bonds is 3. The highest BCUT2D eigenvalue weighted by Crippen LogP contribution is 2.43. The molecule has 0 radical (unpaired) electrons. The van der Waals surface area contributed by atoms with E-state index in [0.717, 1.165) is 5.56 Å². The predicted molar refractivity (Wildman–Crippen MR) is 94.8 cm³/mol. The maximum atomic E-state index is 13.3. The largest absolute Gasteiger partial charge is 0.493 e. The number of hydrogen-bond donors (Lipinski definition) is 0. The van der Waals surface area contributed by atoms with Crippen molar-refractivity contribution in [1.82, 2.24) is 4.90 Å². The first-order valence-electron chi connectivity index (χ1n) is 10.8. The molecule has 4 heteroatoms. The third kappa shape index (κ3) is 3.30. The fourth-order valence-electron chi connectivity index (χ4n) is 3.31. The minimum atomic E-state index is -2.42. The lowest BCUT2D eigenvalue weighted by molar-refractivity contribution is -0.130. The minimum Gasteiger partial charge on any atom is -0.493 e. The number of carbonyl (C=O) groups excluding carboxylic acids is 1. The molecule has 0 amide bonds. The quantitative estimate of drug-likeness (QED) is 0.845. The summed E-state index contributed by atoms with van der Waals surface area (Å²) in [6.45, 7) is 3.38. The summed E-state index contributed by atoms with van der Waals surface area (Å²) in [5.41, 5.74) is 0.788. The van der Waals surface area contributed by atoms with Crippen LogP contribution in [0.15, 0.2) is 12.1 Å². The molecule has 3 rings (SSSR count). The zero-order valence-electron chi connectivity index (χ0n) is 20.0. The van der Waals surface area contributed by atoms with Crippen molar-refractivity contribution in [2.45, 2.75) is 46.0 Å². The second-order valence-electron chi connectivity index (χ2n) is 7.55. The zero-order valence-corrected chi connectivity index (χ0v) is 15.0. The van der Waals surface area contributed by atoms with Gasteiger partial charge in [0.15, 0.2) is 11.5 Å². The number of hydrogen-bond acceptors (Lipinski definition) is 4. The molecule has 4 nitrogen and oxygen atoms in total. The molecule has 0 aromatic heterocycles. The molecule has 1 aromatic rings. The smallest absolute Gasteiger partial charge is 0.161 e. The number of nitrogens with zero attached hydrogens (tertiary/aromatic N) is 1. The SMILES string of the molecule is [2H]C1([2H])C(=O)[C@@]([2H])(CC(C)(C)C)C([2H])([2H])N2CCc3cc(OC)c(OC)cc3[C@@H]21. The van der Waals surface area contributed by atoms with Gasteiger partial charge in [-0.25, -0.2) is 0 Å². The number of piperidine rings is 1. The van der Waals surface area contributed by atoms with Gasteiger partial charge in [-0.05, 0) is 41.5 Å². The maximum absolute atomic E-state index is 13.3. The Labute approximate surface area is 152 Å². The van der Waals surface area contributed by atoms with E-state index in [2.05, 4.69) is 0 Å². The van der Waals surface area contributed by atoms with Crippen molar-refractivity contribution in [3.63, 3.8) is 0 Å². The highest BCUT2D eigenvalue weighted by atomic mass is 16.5. The zero-order chi connectivity index (χ0) is 22.0. The maximum Gasteiger partial charge on any atom is 0.161 e. The van der Waals surface area contributed by atoms with E-state index >= 15 is 0 Å². The van der Waals surface area contributed by atoms with E-state index in [1.165, 1.54) is 19.1 Å². The van der Waals surface area contributed by atoms with Gasteiger partial charge in [-0.1, -0.05) is 20.8 Å². The Bertz CT molecular complexity index is 836. The van der Waals surface area contributed by atoms with Gasteiger partial charge in [0.1, 0.15) is 5.78 Å². The fourth-order valence-corrected chi connectivity index (χ4v) is 3.31. The van der Waals surface area contributed by atoms with Crippen LogP contribution in [0.3, 0.4) is 0 Å². The van der Waals surface area contributed by atoms with Crippen molar-refractivity contribution < 1.29 is 21.1 Å². The molecule has 1 saturated heterocycles. The van der Waals surface area contributed by atoms with Gasteiger partial charge in [-0.15, -0.1) is 0 Å². The Kier molecular flexibility index (Phi) is 3.17. The number of ketones is 1. The summed E-state index contributed by atoms with van der Waals surface area (Å²) in [6, 6.07) is 2.26. The summed E-state index contributed by atoms with van der Waals surface area (Å²) >= 11 is 0. The van der Waals surface area contributed by atoms with E-state index in [-0.39, 0.29) is 13.0 Å². The molecule has 132 valence electrons. The molecule has 1 fully saturated rings. The molecule has 0 spiro atoms. The van der Waals surface area contributed by atoms with Gasteiger partial charge >= 0.3 is 0 Å². The molecule has 2 aliphatic heterocycles. The molecule has 24 heavy (non-hydrogen) atoms. The Balaban J connectivity index is 2.20. The van der Waals surface area contributed by atoms with Crippen molar-refractivity contribution in [3.8, 4) is 11.5 Å². The van der Waals surface area contributed by atoms with Gasteiger partial charge in [0.25, 0.3) is 0 Å². The van der Waals surface area contributed by atoms with E-state index in [1.54, 1.807) is 12.1 Å². The van der Waals surface area contributed by atoms with E-state index in [1.807, 2.05) is 20.8 Å². The van der Waals surface area contributed by atoms with Crippen LogP contribution in [0.2, 0.25) is 0 Å². The molecule has 2 atom stereocenters. The second kappa shape index (κ2) is 6.40. The van der Waals surface area contributed by atoms with E-state index in [4.69, 9.17) is 16.3 Å². The standard InChI is InChI=1S/C20H29NO3/c1-20(2,3)11-14-12-21-7-6-13-8-18(23-4)19(24-5)9-15(13)16(21)10-17(14)22/h8-9,14,16H,6-7,10-12H2,1-5H3/t14-,16-/m0/s1/i10D2,12D2,14D.